The van der Waals surface area contributed by atoms with Crippen LogP contribution in [0.2, 0.25) is 0 Å². The number of carbonyl (C=O) groups is 2. The number of rotatable bonds is 4. The molecule has 1 aromatic carbocycles. The summed E-state index contributed by atoms with van der Waals surface area (Å²) in [4.78, 5) is 31.5. The van der Waals surface area contributed by atoms with Gasteiger partial charge in [0.1, 0.15) is 12.2 Å². The van der Waals surface area contributed by atoms with Crippen LogP contribution < -0.4 is 0 Å². The number of benzene rings is 1. The topological polar surface area (TPSA) is 68.1 Å². The summed E-state index contributed by atoms with van der Waals surface area (Å²) < 4.78 is 1.79. The Hall–Kier alpha value is -2.50. The Balaban J connectivity index is 1.62. The Morgan fingerprint density at radius 3 is 2.84 bits per heavy atom. The van der Waals surface area contributed by atoms with Gasteiger partial charge >= 0.3 is 0 Å². The van der Waals surface area contributed by atoms with E-state index in [1.165, 1.54) is 16.8 Å². The van der Waals surface area contributed by atoms with E-state index in [0.29, 0.717) is 18.2 Å². The summed E-state index contributed by atoms with van der Waals surface area (Å²) in [5, 5.41) is 4.23. The lowest BCUT2D eigenvalue weighted by atomic mass is 9.80. The molecular formula is C19H22N4O2. The highest BCUT2D eigenvalue weighted by molar-refractivity contribution is 6.09. The normalized spacial score (nSPS) is 22.4. The number of hydrogen-bond acceptors (Lipinski definition) is 4. The standard InChI is InChI=1S/C19H22N4O2/c1-13(2)10-23-16(20-12-21-23)11-22-17(24)9-19(18(22)25)8-7-14-5-3-4-6-15(14)19/h3-6,12-13H,7-11H2,1-2H3/t19-/m1/s1. The van der Waals surface area contributed by atoms with Crippen LogP contribution in [0.15, 0.2) is 30.6 Å². The van der Waals surface area contributed by atoms with Gasteiger partial charge in [0.25, 0.3) is 0 Å². The third-order valence-corrected chi connectivity index (χ3v) is 5.30. The molecule has 1 aliphatic carbocycles. The largest absolute Gasteiger partial charge is 0.274 e. The molecule has 25 heavy (non-hydrogen) atoms. The summed E-state index contributed by atoms with van der Waals surface area (Å²) in [5.74, 6) is 0.888. The molecule has 6 heteroatoms. The molecule has 0 saturated carbocycles. The van der Waals surface area contributed by atoms with Gasteiger partial charge in [0.2, 0.25) is 11.8 Å². The van der Waals surface area contributed by atoms with Crippen molar-refractivity contribution < 1.29 is 9.59 Å². The number of aromatic nitrogens is 3. The SMILES string of the molecule is CC(C)Cn1ncnc1CN1C(=O)C[C@@]2(CCc3ccccc32)C1=O. The predicted octanol–water partition coefficient (Wildman–Crippen LogP) is 2.08. The lowest BCUT2D eigenvalue weighted by molar-refractivity contribution is -0.140. The van der Waals surface area contributed by atoms with E-state index in [1.54, 1.807) is 4.68 Å². The Morgan fingerprint density at radius 2 is 2.04 bits per heavy atom. The van der Waals surface area contributed by atoms with Crippen LogP contribution in [0.25, 0.3) is 0 Å². The van der Waals surface area contributed by atoms with Gasteiger partial charge in [0, 0.05) is 13.0 Å². The second kappa shape index (κ2) is 5.79. The van der Waals surface area contributed by atoms with Crippen molar-refractivity contribution in [3.05, 3.63) is 47.5 Å². The highest BCUT2D eigenvalue weighted by Crippen LogP contribution is 2.47. The van der Waals surface area contributed by atoms with Crippen molar-refractivity contribution in [3.63, 3.8) is 0 Å². The summed E-state index contributed by atoms with van der Waals surface area (Å²) in [7, 11) is 0. The third-order valence-electron chi connectivity index (χ3n) is 5.30. The molecule has 1 saturated heterocycles. The maximum absolute atomic E-state index is 13.2. The second-order valence-electron chi connectivity index (χ2n) is 7.45. The average molecular weight is 338 g/mol. The number of fused-ring (bicyclic) bond motifs is 2. The van der Waals surface area contributed by atoms with Crippen LogP contribution in [0.5, 0.6) is 0 Å². The molecule has 2 amide bonds. The lowest BCUT2D eigenvalue weighted by Gasteiger charge is -2.22. The van der Waals surface area contributed by atoms with Crippen LogP contribution in [-0.4, -0.2) is 31.5 Å². The Labute approximate surface area is 146 Å². The van der Waals surface area contributed by atoms with Crippen LogP contribution in [0, 0.1) is 5.92 Å². The quantitative estimate of drug-likeness (QED) is 0.801. The first-order chi connectivity index (χ1) is 12.0. The average Bonchev–Trinajstić information content (AvgIpc) is 3.23. The minimum absolute atomic E-state index is 0.0819. The molecule has 1 spiro atoms. The smallest absolute Gasteiger partial charge is 0.240 e. The number of hydrogen-bond donors (Lipinski definition) is 0. The highest BCUT2D eigenvalue weighted by Gasteiger charge is 2.55. The van der Waals surface area contributed by atoms with E-state index in [9.17, 15) is 9.59 Å². The zero-order chi connectivity index (χ0) is 17.6. The van der Waals surface area contributed by atoms with E-state index in [4.69, 9.17) is 0 Å². The molecule has 1 aliphatic heterocycles. The van der Waals surface area contributed by atoms with E-state index in [0.717, 1.165) is 18.5 Å². The maximum Gasteiger partial charge on any atom is 0.240 e. The number of nitrogens with zero attached hydrogens (tertiary/aromatic N) is 4. The molecule has 2 aliphatic rings. The van der Waals surface area contributed by atoms with Gasteiger partial charge in [0.05, 0.1) is 12.0 Å². The number of likely N-dealkylation sites (tertiary alicyclic amines) is 1. The van der Waals surface area contributed by atoms with Crippen molar-refractivity contribution in [1.29, 1.82) is 0 Å². The molecule has 2 aromatic rings. The first-order valence-electron chi connectivity index (χ1n) is 8.81. The number of aryl methyl sites for hydroxylation is 1. The van der Waals surface area contributed by atoms with E-state index in [-0.39, 0.29) is 24.8 Å². The van der Waals surface area contributed by atoms with Gasteiger partial charge in [0.15, 0.2) is 0 Å². The monoisotopic (exact) mass is 338 g/mol. The van der Waals surface area contributed by atoms with Gasteiger partial charge in [-0.25, -0.2) is 9.67 Å². The fourth-order valence-corrected chi connectivity index (χ4v) is 4.10. The Bertz CT molecular complexity index is 841. The summed E-state index contributed by atoms with van der Waals surface area (Å²) in [5.41, 5.74) is 1.55. The number of amides is 2. The fourth-order valence-electron chi connectivity index (χ4n) is 4.10. The zero-order valence-corrected chi connectivity index (χ0v) is 14.6. The van der Waals surface area contributed by atoms with Crippen molar-refractivity contribution in [2.24, 2.45) is 5.92 Å². The molecule has 130 valence electrons. The third kappa shape index (κ3) is 2.47. The summed E-state index contributed by atoms with van der Waals surface area (Å²) >= 11 is 0. The van der Waals surface area contributed by atoms with Crippen molar-refractivity contribution in [3.8, 4) is 0 Å². The predicted molar refractivity (Wildman–Crippen MR) is 91.5 cm³/mol. The second-order valence-corrected chi connectivity index (χ2v) is 7.45. The molecule has 4 rings (SSSR count). The van der Waals surface area contributed by atoms with Crippen molar-refractivity contribution in [2.75, 3.05) is 0 Å². The van der Waals surface area contributed by atoms with Gasteiger partial charge in [-0.1, -0.05) is 38.1 Å². The first-order valence-corrected chi connectivity index (χ1v) is 8.81. The van der Waals surface area contributed by atoms with E-state index >= 15 is 0 Å². The minimum Gasteiger partial charge on any atom is -0.274 e. The van der Waals surface area contributed by atoms with Crippen molar-refractivity contribution in [1.82, 2.24) is 19.7 Å². The molecule has 0 bridgehead atoms. The minimum atomic E-state index is -0.670. The molecule has 0 radical (unpaired) electrons. The molecule has 0 unspecified atom stereocenters. The molecular weight excluding hydrogens is 316 g/mol. The molecule has 2 heterocycles. The van der Waals surface area contributed by atoms with Gasteiger partial charge in [-0.15, -0.1) is 0 Å². The Kier molecular flexibility index (Phi) is 3.71. The fraction of sp³-hybridized carbons (Fsp3) is 0.474. The van der Waals surface area contributed by atoms with Crippen LogP contribution in [-0.2, 0) is 34.5 Å². The lowest BCUT2D eigenvalue weighted by Crippen LogP contribution is -2.37. The zero-order valence-electron chi connectivity index (χ0n) is 14.6. The van der Waals surface area contributed by atoms with Crippen molar-refractivity contribution >= 4 is 11.8 Å². The van der Waals surface area contributed by atoms with Gasteiger partial charge in [-0.05, 0) is 29.9 Å². The van der Waals surface area contributed by atoms with Gasteiger partial charge in [-0.2, -0.15) is 5.10 Å². The number of carbonyl (C=O) groups excluding carboxylic acids is 2. The van der Waals surface area contributed by atoms with Crippen LogP contribution in [0.1, 0.15) is 43.6 Å². The molecule has 1 aromatic heterocycles. The first kappa shape index (κ1) is 16.0. The van der Waals surface area contributed by atoms with Gasteiger partial charge < -0.3 is 0 Å². The molecule has 0 N–H and O–H groups in total. The highest BCUT2D eigenvalue weighted by atomic mass is 16.2. The Morgan fingerprint density at radius 1 is 1.24 bits per heavy atom. The molecule has 1 fully saturated rings. The van der Waals surface area contributed by atoms with Crippen LogP contribution in [0.3, 0.4) is 0 Å². The molecule has 6 nitrogen and oxygen atoms in total. The van der Waals surface area contributed by atoms with Crippen LogP contribution >= 0.6 is 0 Å². The van der Waals surface area contributed by atoms with E-state index in [2.05, 4.69) is 30.0 Å². The summed E-state index contributed by atoms with van der Waals surface area (Å²) in [6, 6.07) is 8.00. The van der Waals surface area contributed by atoms with Crippen molar-refractivity contribution in [2.45, 2.75) is 51.6 Å². The van der Waals surface area contributed by atoms with Crippen LogP contribution in [0.4, 0.5) is 0 Å². The summed E-state index contributed by atoms with van der Waals surface area (Å²) in [6.45, 7) is 5.12. The van der Waals surface area contributed by atoms with E-state index < -0.39 is 5.41 Å². The maximum atomic E-state index is 13.2. The summed E-state index contributed by atoms with van der Waals surface area (Å²) in [6.07, 6.45) is 3.32. The van der Waals surface area contributed by atoms with Gasteiger partial charge in [-0.3, -0.25) is 14.5 Å². The molecule has 1 atom stereocenters. The number of imide groups is 1. The van der Waals surface area contributed by atoms with E-state index in [1.807, 2.05) is 18.2 Å².